The summed E-state index contributed by atoms with van der Waals surface area (Å²) in [6.45, 7) is 3.88. The third-order valence-electron chi connectivity index (χ3n) is 2.71. The van der Waals surface area contributed by atoms with Crippen LogP contribution in [-0.2, 0) is 0 Å². The van der Waals surface area contributed by atoms with Gasteiger partial charge in [0.25, 0.3) is 0 Å². The molecule has 0 spiro atoms. The van der Waals surface area contributed by atoms with Crippen LogP contribution in [0.2, 0.25) is 0 Å². The standard InChI is InChI=1S/C15H18N2O3/c1-10(2)20-12-7-11(8-16-9-12)14(18)13-5-4-6-17-15(13)19-3/h4-10,14,18H,1-3H3. The Labute approximate surface area is 118 Å². The van der Waals surface area contributed by atoms with Crippen molar-refractivity contribution in [3.05, 3.63) is 47.9 Å². The minimum Gasteiger partial charge on any atom is -0.489 e. The highest BCUT2D eigenvalue weighted by Gasteiger charge is 2.17. The molecule has 0 bridgehead atoms. The molecule has 0 saturated heterocycles. The molecule has 0 aromatic carbocycles. The SMILES string of the molecule is COc1ncccc1C(O)c1cncc(OC(C)C)c1. The van der Waals surface area contributed by atoms with Gasteiger partial charge in [-0.15, -0.1) is 0 Å². The third kappa shape index (κ3) is 3.24. The Morgan fingerprint density at radius 3 is 2.75 bits per heavy atom. The van der Waals surface area contributed by atoms with Gasteiger partial charge in [-0.25, -0.2) is 4.98 Å². The van der Waals surface area contributed by atoms with Gasteiger partial charge in [-0.05, 0) is 32.0 Å². The minimum atomic E-state index is -0.859. The maximum Gasteiger partial charge on any atom is 0.219 e. The van der Waals surface area contributed by atoms with E-state index in [1.807, 2.05) is 13.8 Å². The van der Waals surface area contributed by atoms with Gasteiger partial charge >= 0.3 is 0 Å². The van der Waals surface area contributed by atoms with E-state index in [4.69, 9.17) is 9.47 Å². The molecule has 106 valence electrons. The lowest BCUT2D eigenvalue weighted by molar-refractivity contribution is 0.209. The molecule has 2 heterocycles. The lowest BCUT2D eigenvalue weighted by Crippen LogP contribution is -2.08. The van der Waals surface area contributed by atoms with Crippen molar-refractivity contribution < 1.29 is 14.6 Å². The Bertz CT molecular complexity index is 573. The molecule has 5 heteroatoms. The minimum absolute atomic E-state index is 0.0529. The molecule has 0 aliphatic heterocycles. The van der Waals surface area contributed by atoms with Crippen molar-refractivity contribution in [1.82, 2.24) is 9.97 Å². The van der Waals surface area contributed by atoms with Gasteiger partial charge in [-0.3, -0.25) is 4.98 Å². The number of ether oxygens (including phenoxy) is 2. The monoisotopic (exact) mass is 274 g/mol. The van der Waals surface area contributed by atoms with Crippen LogP contribution in [0.25, 0.3) is 0 Å². The summed E-state index contributed by atoms with van der Waals surface area (Å²) in [6.07, 6.45) is 4.03. The van der Waals surface area contributed by atoms with E-state index >= 15 is 0 Å². The second kappa shape index (κ2) is 6.34. The summed E-state index contributed by atoms with van der Waals surface area (Å²) in [4.78, 5) is 8.17. The average Bonchev–Trinajstić information content (AvgIpc) is 2.46. The highest BCUT2D eigenvalue weighted by atomic mass is 16.5. The zero-order valence-electron chi connectivity index (χ0n) is 11.8. The van der Waals surface area contributed by atoms with E-state index in [2.05, 4.69) is 9.97 Å². The Balaban J connectivity index is 2.30. The summed E-state index contributed by atoms with van der Waals surface area (Å²) in [5.41, 5.74) is 1.23. The van der Waals surface area contributed by atoms with Gasteiger partial charge in [-0.1, -0.05) is 0 Å². The quantitative estimate of drug-likeness (QED) is 0.906. The first-order valence-electron chi connectivity index (χ1n) is 6.40. The largest absolute Gasteiger partial charge is 0.489 e. The fourth-order valence-electron chi connectivity index (χ4n) is 1.88. The molecule has 0 aliphatic rings. The van der Waals surface area contributed by atoms with Gasteiger partial charge in [0.15, 0.2) is 0 Å². The normalized spacial score (nSPS) is 12.2. The number of hydrogen-bond acceptors (Lipinski definition) is 5. The van der Waals surface area contributed by atoms with E-state index < -0.39 is 6.10 Å². The molecule has 0 radical (unpaired) electrons. The molecule has 1 atom stereocenters. The van der Waals surface area contributed by atoms with Crippen LogP contribution < -0.4 is 9.47 Å². The van der Waals surface area contributed by atoms with Crippen LogP contribution in [0.1, 0.15) is 31.1 Å². The molecule has 0 saturated carbocycles. The predicted octanol–water partition coefficient (Wildman–Crippen LogP) is 2.35. The predicted molar refractivity (Wildman–Crippen MR) is 74.9 cm³/mol. The van der Waals surface area contributed by atoms with Gasteiger partial charge in [0.2, 0.25) is 5.88 Å². The number of pyridine rings is 2. The van der Waals surface area contributed by atoms with Crippen LogP contribution in [0.5, 0.6) is 11.6 Å². The Hall–Kier alpha value is -2.14. The van der Waals surface area contributed by atoms with Crippen molar-refractivity contribution in [1.29, 1.82) is 0 Å². The van der Waals surface area contributed by atoms with Crippen LogP contribution in [0, 0.1) is 0 Å². The van der Waals surface area contributed by atoms with Gasteiger partial charge in [0.1, 0.15) is 11.9 Å². The topological polar surface area (TPSA) is 64.5 Å². The van der Waals surface area contributed by atoms with Crippen molar-refractivity contribution >= 4 is 0 Å². The molecular formula is C15H18N2O3. The third-order valence-corrected chi connectivity index (χ3v) is 2.71. The summed E-state index contributed by atoms with van der Waals surface area (Å²) < 4.78 is 10.7. The van der Waals surface area contributed by atoms with E-state index in [1.54, 1.807) is 36.8 Å². The van der Waals surface area contributed by atoms with Gasteiger partial charge in [0, 0.05) is 23.5 Å². The average molecular weight is 274 g/mol. The van der Waals surface area contributed by atoms with Crippen molar-refractivity contribution in [2.75, 3.05) is 7.11 Å². The van der Waals surface area contributed by atoms with Crippen molar-refractivity contribution in [2.24, 2.45) is 0 Å². The molecule has 2 rings (SSSR count). The molecule has 1 unspecified atom stereocenters. The molecule has 0 aliphatic carbocycles. The Morgan fingerprint density at radius 2 is 2.05 bits per heavy atom. The first-order valence-corrected chi connectivity index (χ1v) is 6.40. The number of rotatable bonds is 5. The summed E-state index contributed by atoms with van der Waals surface area (Å²) in [5, 5.41) is 10.4. The molecule has 0 fully saturated rings. The van der Waals surface area contributed by atoms with E-state index in [9.17, 15) is 5.11 Å². The van der Waals surface area contributed by atoms with E-state index in [-0.39, 0.29) is 6.10 Å². The van der Waals surface area contributed by atoms with E-state index in [0.29, 0.717) is 22.8 Å². The number of aliphatic hydroxyl groups excluding tert-OH is 1. The fraction of sp³-hybridized carbons (Fsp3) is 0.333. The molecule has 0 amide bonds. The fourth-order valence-corrected chi connectivity index (χ4v) is 1.88. The van der Waals surface area contributed by atoms with Crippen molar-refractivity contribution in [3.8, 4) is 11.6 Å². The Kier molecular flexibility index (Phi) is 4.53. The number of aromatic nitrogens is 2. The summed E-state index contributed by atoms with van der Waals surface area (Å²) in [7, 11) is 1.52. The van der Waals surface area contributed by atoms with Crippen LogP contribution in [0.3, 0.4) is 0 Å². The highest BCUT2D eigenvalue weighted by molar-refractivity contribution is 5.36. The second-order valence-corrected chi connectivity index (χ2v) is 4.63. The zero-order valence-corrected chi connectivity index (χ0v) is 11.8. The summed E-state index contributed by atoms with van der Waals surface area (Å²) >= 11 is 0. The van der Waals surface area contributed by atoms with Gasteiger partial charge in [0.05, 0.1) is 19.4 Å². The first-order chi connectivity index (χ1) is 9.61. The molecule has 2 aromatic heterocycles. The smallest absolute Gasteiger partial charge is 0.219 e. The molecule has 2 aromatic rings. The maximum absolute atomic E-state index is 10.4. The molecular weight excluding hydrogens is 256 g/mol. The Morgan fingerprint density at radius 1 is 1.25 bits per heavy atom. The second-order valence-electron chi connectivity index (χ2n) is 4.63. The van der Waals surface area contributed by atoms with Crippen LogP contribution >= 0.6 is 0 Å². The van der Waals surface area contributed by atoms with E-state index in [0.717, 1.165) is 0 Å². The van der Waals surface area contributed by atoms with Gasteiger partial charge in [-0.2, -0.15) is 0 Å². The van der Waals surface area contributed by atoms with E-state index in [1.165, 1.54) is 7.11 Å². The number of hydrogen-bond donors (Lipinski definition) is 1. The van der Waals surface area contributed by atoms with Crippen molar-refractivity contribution in [2.45, 2.75) is 26.1 Å². The van der Waals surface area contributed by atoms with Gasteiger partial charge < -0.3 is 14.6 Å². The lowest BCUT2D eigenvalue weighted by Gasteiger charge is -2.15. The van der Waals surface area contributed by atoms with Crippen LogP contribution in [0.4, 0.5) is 0 Å². The highest BCUT2D eigenvalue weighted by Crippen LogP contribution is 2.29. The maximum atomic E-state index is 10.4. The van der Waals surface area contributed by atoms with Crippen molar-refractivity contribution in [3.63, 3.8) is 0 Å². The molecule has 5 nitrogen and oxygen atoms in total. The number of aliphatic hydroxyl groups is 1. The summed E-state index contributed by atoms with van der Waals surface area (Å²) in [5.74, 6) is 1.02. The zero-order chi connectivity index (χ0) is 14.5. The first kappa shape index (κ1) is 14.3. The lowest BCUT2D eigenvalue weighted by atomic mass is 10.0. The van der Waals surface area contributed by atoms with Crippen LogP contribution in [0.15, 0.2) is 36.8 Å². The molecule has 1 N–H and O–H groups in total. The number of nitrogens with zero attached hydrogens (tertiary/aromatic N) is 2. The summed E-state index contributed by atoms with van der Waals surface area (Å²) in [6, 6.07) is 5.29. The van der Waals surface area contributed by atoms with Crippen LogP contribution in [-0.4, -0.2) is 28.3 Å². The number of methoxy groups -OCH3 is 1. The molecule has 20 heavy (non-hydrogen) atoms.